The number of benzene rings is 2. The number of nitrogens with zero attached hydrogens (tertiary/aromatic N) is 2. The molecule has 0 saturated heterocycles. The third kappa shape index (κ3) is 3.87. The van der Waals surface area contributed by atoms with E-state index in [1.807, 2.05) is 0 Å². The lowest BCUT2D eigenvalue weighted by molar-refractivity contribution is -0.139. The first-order valence-electron chi connectivity index (χ1n) is 7.80. The summed E-state index contributed by atoms with van der Waals surface area (Å²) < 4.78 is 11.0. The number of carboxylic acid groups (broad SMARTS) is 1. The summed E-state index contributed by atoms with van der Waals surface area (Å²) >= 11 is 0. The molecule has 9 nitrogen and oxygen atoms in total. The quantitative estimate of drug-likeness (QED) is 0.626. The van der Waals surface area contributed by atoms with Crippen LogP contribution >= 0.6 is 0 Å². The summed E-state index contributed by atoms with van der Waals surface area (Å²) in [6.07, 6.45) is 1.31. The number of para-hydroxylation sites is 1. The van der Waals surface area contributed by atoms with E-state index in [9.17, 15) is 14.4 Å². The van der Waals surface area contributed by atoms with Gasteiger partial charge in [0.05, 0.1) is 24.2 Å². The minimum atomic E-state index is -1.11. The number of aromatic amines is 1. The highest BCUT2D eigenvalue weighted by Gasteiger charge is 2.08. The van der Waals surface area contributed by atoms with Crippen LogP contribution in [-0.2, 0) is 4.79 Å². The number of ether oxygens (including phenoxy) is 2. The van der Waals surface area contributed by atoms with Crippen LogP contribution in [0.4, 0.5) is 0 Å². The molecular formula is C18H15N3O6. The van der Waals surface area contributed by atoms with E-state index in [1.165, 1.54) is 19.4 Å². The fourth-order valence-electron chi connectivity index (χ4n) is 2.41. The molecule has 2 N–H and O–H groups in total. The summed E-state index contributed by atoms with van der Waals surface area (Å²) in [4.78, 5) is 37.7. The van der Waals surface area contributed by atoms with Gasteiger partial charge in [-0.1, -0.05) is 12.1 Å². The Kier molecular flexibility index (Phi) is 5.02. The van der Waals surface area contributed by atoms with Crippen LogP contribution in [-0.4, -0.2) is 40.7 Å². The van der Waals surface area contributed by atoms with Crippen LogP contribution in [0.5, 0.6) is 11.5 Å². The maximum absolute atomic E-state index is 12.4. The fourth-order valence-corrected chi connectivity index (χ4v) is 2.41. The second kappa shape index (κ2) is 7.56. The highest BCUT2D eigenvalue weighted by atomic mass is 16.5. The first-order valence-corrected chi connectivity index (χ1v) is 7.80. The van der Waals surface area contributed by atoms with Crippen LogP contribution in [0.2, 0.25) is 0 Å². The van der Waals surface area contributed by atoms with E-state index >= 15 is 0 Å². The van der Waals surface area contributed by atoms with Crippen LogP contribution in [0, 0.1) is 0 Å². The van der Waals surface area contributed by atoms with Gasteiger partial charge in [0.25, 0.3) is 5.56 Å². The van der Waals surface area contributed by atoms with Gasteiger partial charge in [-0.2, -0.15) is 5.10 Å². The van der Waals surface area contributed by atoms with Crippen molar-refractivity contribution in [3.8, 4) is 11.5 Å². The van der Waals surface area contributed by atoms with Crippen molar-refractivity contribution in [1.29, 1.82) is 0 Å². The third-order valence-corrected chi connectivity index (χ3v) is 3.64. The van der Waals surface area contributed by atoms with Gasteiger partial charge in [-0.15, -0.1) is 4.68 Å². The van der Waals surface area contributed by atoms with Crippen molar-refractivity contribution in [1.82, 2.24) is 9.66 Å². The Morgan fingerprint density at radius 3 is 2.74 bits per heavy atom. The summed E-state index contributed by atoms with van der Waals surface area (Å²) in [5, 5.41) is 13.0. The largest absolute Gasteiger partial charge is 0.493 e. The van der Waals surface area contributed by atoms with Gasteiger partial charge in [0, 0.05) is 0 Å². The predicted octanol–water partition coefficient (Wildman–Crippen LogP) is 1.04. The molecule has 0 unspecified atom stereocenters. The van der Waals surface area contributed by atoms with Crippen molar-refractivity contribution in [2.75, 3.05) is 13.7 Å². The first-order chi connectivity index (χ1) is 13.0. The monoisotopic (exact) mass is 369 g/mol. The lowest BCUT2D eigenvalue weighted by Crippen LogP contribution is -2.32. The van der Waals surface area contributed by atoms with E-state index in [4.69, 9.17) is 14.6 Å². The smallest absolute Gasteiger partial charge is 0.349 e. The Labute approximate surface area is 152 Å². The number of carbonyl (C=O) groups is 1. The highest BCUT2D eigenvalue weighted by Crippen LogP contribution is 2.27. The van der Waals surface area contributed by atoms with E-state index < -0.39 is 23.8 Å². The standard InChI is InChI=1S/C18H15N3O6/c1-26-15-8-11(6-7-14(15)27-10-16(22)23)9-19-21-17(24)12-4-2-3-5-13(12)20-18(21)25/h2-9H,10H2,1H3,(H,20,25)(H,22,23)/b19-9-. The highest BCUT2D eigenvalue weighted by molar-refractivity contribution is 5.81. The van der Waals surface area contributed by atoms with Crippen LogP contribution in [0.25, 0.3) is 10.9 Å². The summed E-state index contributed by atoms with van der Waals surface area (Å²) in [6, 6.07) is 11.3. The first kappa shape index (κ1) is 17.9. The molecule has 9 heteroatoms. The number of hydrogen-bond acceptors (Lipinski definition) is 6. The third-order valence-electron chi connectivity index (χ3n) is 3.64. The second-order valence-corrected chi connectivity index (χ2v) is 5.43. The van der Waals surface area contributed by atoms with Crippen molar-refractivity contribution >= 4 is 23.1 Å². The van der Waals surface area contributed by atoms with Gasteiger partial charge < -0.3 is 19.6 Å². The fraction of sp³-hybridized carbons (Fsp3) is 0.111. The molecule has 0 bridgehead atoms. The number of H-pyrrole nitrogens is 1. The van der Waals surface area contributed by atoms with Gasteiger partial charge in [0.1, 0.15) is 0 Å². The Balaban J connectivity index is 1.94. The molecule has 0 amide bonds. The average Bonchev–Trinajstić information content (AvgIpc) is 2.66. The summed E-state index contributed by atoms with van der Waals surface area (Å²) in [6.45, 7) is -0.508. The Bertz CT molecular complexity index is 1150. The molecule has 0 radical (unpaired) electrons. The van der Waals surface area contributed by atoms with Gasteiger partial charge in [0.2, 0.25) is 0 Å². The van der Waals surface area contributed by atoms with E-state index in [-0.39, 0.29) is 5.75 Å². The molecule has 27 heavy (non-hydrogen) atoms. The Morgan fingerprint density at radius 1 is 1.22 bits per heavy atom. The van der Waals surface area contributed by atoms with E-state index in [0.29, 0.717) is 22.2 Å². The molecule has 3 aromatic rings. The zero-order valence-electron chi connectivity index (χ0n) is 14.2. The zero-order chi connectivity index (χ0) is 19.4. The van der Waals surface area contributed by atoms with Gasteiger partial charge in [0.15, 0.2) is 18.1 Å². The van der Waals surface area contributed by atoms with Crippen molar-refractivity contribution < 1.29 is 19.4 Å². The maximum Gasteiger partial charge on any atom is 0.349 e. The van der Waals surface area contributed by atoms with Crippen molar-refractivity contribution in [3.05, 3.63) is 68.9 Å². The molecule has 0 aliphatic carbocycles. The molecule has 0 saturated carbocycles. The normalized spacial score (nSPS) is 11.0. The molecule has 0 spiro atoms. The van der Waals surface area contributed by atoms with Crippen LogP contribution < -0.4 is 20.7 Å². The van der Waals surface area contributed by atoms with Gasteiger partial charge in [-0.3, -0.25) is 4.79 Å². The van der Waals surface area contributed by atoms with Crippen LogP contribution in [0.15, 0.2) is 57.2 Å². The number of aliphatic carboxylic acids is 1. The number of nitrogens with one attached hydrogen (secondary N) is 1. The molecule has 1 aromatic heterocycles. The summed E-state index contributed by atoms with van der Waals surface area (Å²) in [5.74, 6) is -0.574. The lowest BCUT2D eigenvalue weighted by atomic mass is 10.2. The minimum Gasteiger partial charge on any atom is -0.493 e. The van der Waals surface area contributed by atoms with Gasteiger partial charge >= 0.3 is 11.7 Å². The molecular weight excluding hydrogens is 354 g/mol. The maximum atomic E-state index is 12.4. The topological polar surface area (TPSA) is 123 Å². The number of aromatic nitrogens is 2. The zero-order valence-corrected chi connectivity index (χ0v) is 14.2. The van der Waals surface area contributed by atoms with E-state index in [2.05, 4.69) is 10.1 Å². The molecule has 3 rings (SSSR count). The summed E-state index contributed by atoms with van der Waals surface area (Å²) in [5.41, 5.74) is -0.253. The predicted molar refractivity (Wildman–Crippen MR) is 97.9 cm³/mol. The molecule has 0 aliphatic rings. The number of carboxylic acids is 1. The number of hydrogen-bond donors (Lipinski definition) is 2. The Morgan fingerprint density at radius 2 is 2.00 bits per heavy atom. The molecule has 0 atom stereocenters. The van der Waals surface area contributed by atoms with Crippen LogP contribution in [0.3, 0.4) is 0 Å². The van der Waals surface area contributed by atoms with Crippen molar-refractivity contribution in [2.45, 2.75) is 0 Å². The van der Waals surface area contributed by atoms with Crippen LogP contribution in [0.1, 0.15) is 5.56 Å². The van der Waals surface area contributed by atoms with E-state index in [0.717, 1.165) is 4.68 Å². The van der Waals surface area contributed by atoms with Crippen molar-refractivity contribution in [2.24, 2.45) is 5.10 Å². The molecule has 2 aromatic carbocycles. The van der Waals surface area contributed by atoms with Gasteiger partial charge in [-0.25, -0.2) is 9.59 Å². The minimum absolute atomic E-state index is 0.248. The number of rotatable bonds is 6. The molecule has 0 aliphatic heterocycles. The van der Waals surface area contributed by atoms with Crippen molar-refractivity contribution in [3.63, 3.8) is 0 Å². The SMILES string of the molecule is COc1cc(/C=N\n2c(=O)[nH]c3ccccc3c2=O)ccc1OCC(=O)O. The average molecular weight is 369 g/mol. The lowest BCUT2D eigenvalue weighted by Gasteiger charge is -2.09. The Hall–Kier alpha value is -3.88. The number of fused-ring (bicyclic) bond motifs is 1. The molecule has 1 heterocycles. The second-order valence-electron chi connectivity index (χ2n) is 5.43. The summed E-state index contributed by atoms with van der Waals surface area (Å²) in [7, 11) is 1.41. The van der Waals surface area contributed by atoms with E-state index in [1.54, 1.807) is 36.4 Å². The molecule has 138 valence electrons. The van der Waals surface area contributed by atoms with Gasteiger partial charge in [-0.05, 0) is 35.9 Å². The number of methoxy groups -OCH3 is 1. The molecule has 0 fully saturated rings.